The number of benzene rings is 1. The maximum absolute atomic E-state index is 12.3. The maximum atomic E-state index is 12.3. The minimum Gasteiger partial charge on any atom is -0.480 e. The van der Waals surface area contributed by atoms with E-state index in [9.17, 15) is 14.4 Å². The Morgan fingerprint density at radius 1 is 1.38 bits per heavy atom. The van der Waals surface area contributed by atoms with Gasteiger partial charge in [0.15, 0.2) is 0 Å². The molecule has 1 aliphatic rings. The fourth-order valence-corrected chi connectivity index (χ4v) is 2.76. The van der Waals surface area contributed by atoms with Gasteiger partial charge >= 0.3 is 5.97 Å². The summed E-state index contributed by atoms with van der Waals surface area (Å²) >= 11 is 0. The number of fused-ring (bicyclic) bond motifs is 1. The van der Waals surface area contributed by atoms with Crippen molar-refractivity contribution < 1.29 is 24.2 Å². The number of carboxylic acids is 1. The smallest absolute Gasteiger partial charge is 0.323 e. The molecule has 2 N–H and O–H groups in total. The molecule has 1 aromatic rings. The van der Waals surface area contributed by atoms with E-state index in [1.807, 2.05) is 24.3 Å². The lowest BCUT2D eigenvalue weighted by Crippen LogP contribution is -2.38. The van der Waals surface area contributed by atoms with Crippen molar-refractivity contribution in [2.45, 2.75) is 19.3 Å². The highest BCUT2D eigenvalue weighted by Gasteiger charge is 2.27. The Morgan fingerprint density at radius 3 is 2.83 bits per heavy atom. The first-order valence-corrected chi connectivity index (χ1v) is 7.88. The minimum absolute atomic E-state index is 0.0943. The van der Waals surface area contributed by atoms with Gasteiger partial charge in [-0.2, -0.15) is 0 Å². The van der Waals surface area contributed by atoms with Crippen LogP contribution in [0.2, 0.25) is 0 Å². The van der Waals surface area contributed by atoms with Gasteiger partial charge in [0.2, 0.25) is 11.8 Å². The van der Waals surface area contributed by atoms with Crippen LogP contribution in [0.4, 0.5) is 5.69 Å². The molecule has 24 heavy (non-hydrogen) atoms. The number of rotatable bonds is 8. The Bertz CT molecular complexity index is 617. The number of carbonyl (C=O) groups excluding carboxylic acids is 2. The number of carboxylic acid groups (broad SMARTS) is 1. The number of ether oxygens (including phenoxy) is 1. The van der Waals surface area contributed by atoms with Crippen molar-refractivity contribution in [2.75, 3.05) is 32.1 Å². The van der Waals surface area contributed by atoms with E-state index in [0.29, 0.717) is 12.8 Å². The third-order valence-corrected chi connectivity index (χ3v) is 4.06. The van der Waals surface area contributed by atoms with Crippen LogP contribution < -0.4 is 5.32 Å². The van der Waals surface area contributed by atoms with Crippen LogP contribution in [0.5, 0.6) is 0 Å². The summed E-state index contributed by atoms with van der Waals surface area (Å²) < 4.78 is 4.90. The Hall–Kier alpha value is -2.41. The van der Waals surface area contributed by atoms with Gasteiger partial charge in [-0.05, 0) is 24.5 Å². The molecule has 7 heteroatoms. The van der Waals surface area contributed by atoms with E-state index in [0.717, 1.165) is 11.3 Å². The molecule has 0 saturated carbocycles. The monoisotopic (exact) mass is 334 g/mol. The molecular formula is C17H22N2O5. The van der Waals surface area contributed by atoms with Crippen molar-refractivity contribution in [3.8, 4) is 0 Å². The predicted molar refractivity (Wildman–Crippen MR) is 87.6 cm³/mol. The Labute approximate surface area is 140 Å². The number of carbonyl (C=O) groups is 3. The first-order chi connectivity index (χ1) is 11.5. The predicted octanol–water partition coefficient (Wildman–Crippen LogP) is 1.14. The van der Waals surface area contributed by atoms with Crippen molar-refractivity contribution in [3.05, 3.63) is 29.8 Å². The number of amides is 2. The first-order valence-electron chi connectivity index (χ1n) is 7.88. The molecule has 2 amide bonds. The third kappa shape index (κ3) is 4.79. The molecule has 2 rings (SSSR count). The van der Waals surface area contributed by atoms with Gasteiger partial charge in [-0.15, -0.1) is 0 Å². The number of hydrogen-bond donors (Lipinski definition) is 2. The van der Waals surface area contributed by atoms with Crippen LogP contribution in [0.15, 0.2) is 24.3 Å². The summed E-state index contributed by atoms with van der Waals surface area (Å²) in [6.07, 6.45) is 1.12. The highest BCUT2D eigenvalue weighted by atomic mass is 16.5. The van der Waals surface area contributed by atoms with E-state index in [1.165, 1.54) is 12.0 Å². The van der Waals surface area contributed by atoms with E-state index in [4.69, 9.17) is 9.84 Å². The molecule has 0 radical (unpaired) electrons. The van der Waals surface area contributed by atoms with Gasteiger partial charge in [0.05, 0.1) is 6.61 Å². The lowest BCUT2D eigenvalue weighted by Gasteiger charge is -2.25. The highest BCUT2D eigenvalue weighted by molar-refractivity contribution is 5.96. The van der Waals surface area contributed by atoms with Crippen LogP contribution in [-0.4, -0.2) is 54.6 Å². The summed E-state index contributed by atoms with van der Waals surface area (Å²) in [7, 11) is 1.49. The number of nitrogens with zero attached hydrogens (tertiary/aromatic N) is 1. The molecule has 0 unspecified atom stereocenters. The first kappa shape index (κ1) is 17.9. The van der Waals surface area contributed by atoms with E-state index in [1.54, 1.807) is 0 Å². The van der Waals surface area contributed by atoms with Crippen LogP contribution in [0.3, 0.4) is 0 Å². The van der Waals surface area contributed by atoms with Gasteiger partial charge < -0.3 is 20.1 Å². The van der Waals surface area contributed by atoms with Gasteiger partial charge in [0.1, 0.15) is 6.54 Å². The third-order valence-electron chi connectivity index (χ3n) is 4.06. The summed E-state index contributed by atoms with van der Waals surface area (Å²) in [5.41, 5.74) is 1.87. The zero-order valence-corrected chi connectivity index (χ0v) is 13.7. The number of para-hydroxylation sites is 1. The van der Waals surface area contributed by atoms with Crippen molar-refractivity contribution in [3.63, 3.8) is 0 Å². The number of aliphatic carboxylic acids is 1. The molecule has 0 bridgehead atoms. The second-order valence-corrected chi connectivity index (χ2v) is 5.79. The van der Waals surface area contributed by atoms with Gasteiger partial charge in [0, 0.05) is 31.7 Å². The van der Waals surface area contributed by atoms with Crippen molar-refractivity contribution in [1.82, 2.24) is 4.90 Å². The number of nitrogens with one attached hydrogen (secondary N) is 1. The SMILES string of the molecule is COCCN(CC(=O)O)C(=O)CC[C@@H]1Cc2ccccc2NC1=O. The number of methoxy groups -OCH3 is 1. The molecular weight excluding hydrogens is 312 g/mol. The summed E-state index contributed by atoms with van der Waals surface area (Å²) in [5.74, 6) is -1.72. The lowest BCUT2D eigenvalue weighted by molar-refractivity contribution is -0.145. The van der Waals surface area contributed by atoms with Crippen LogP contribution in [0, 0.1) is 5.92 Å². The molecule has 7 nitrogen and oxygen atoms in total. The molecule has 0 saturated heterocycles. The lowest BCUT2D eigenvalue weighted by atomic mass is 9.89. The molecule has 0 spiro atoms. The van der Waals surface area contributed by atoms with Crippen LogP contribution in [-0.2, 0) is 25.5 Å². The summed E-state index contributed by atoms with van der Waals surface area (Å²) in [6, 6.07) is 7.59. The van der Waals surface area contributed by atoms with Crippen LogP contribution in [0.1, 0.15) is 18.4 Å². The fourth-order valence-electron chi connectivity index (χ4n) is 2.76. The second kappa shape index (κ2) is 8.44. The van der Waals surface area contributed by atoms with Gasteiger partial charge in [-0.3, -0.25) is 14.4 Å². The summed E-state index contributed by atoms with van der Waals surface area (Å²) in [4.78, 5) is 36.5. The normalized spacial score (nSPS) is 16.2. The number of hydrogen-bond acceptors (Lipinski definition) is 4. The van der Waals surface area contributed by atoms with Crippen LogP contribution in [0.25, 0.3) is 0 Å². The van der Waals surface area contributed by atoms with Gasteiger partial charge in [-0.1, -0.05) is 18.2 Å². The summed E-state index contributed by atoms with van der Waals surface area (Å²) in [6.45, 7) is 0.138. The molecule has 1 aromatic carbocycles. The van der Waals surface area contributed by atoms with Crippen molar-refractivity contribution >= 4 is 23.5 Å². The van der Waals surface area contributed by atoms with E-state index in [-0.39, 0.29) is 43.8 Å². The van der Waals surface area contributed by atoms with E-state index in [2.05, 4.69) is 5.32 Å². The van der Waals surface area contributed by atoms with Gasteiger partial charge in [0.25, 0.3) is 0 Å². The average molecular weight is 334 g/mol. The molecule has 0 aliphatic carbocycles. The maximum Gasteiger partial charge on any atom is 0.323 e. The standard InChI is InChI=1S/C17H22N2O5/c1-24-9-8-19(11-16(21)22)15(20)7-6-13-10-12-4-2-3-5-14(12)18-17(13)23/h2-5,13H,6-11H2,1H3,(H,18,23)(H,21,22)/t13-/m1/s1. The minimum atomic E-state index is -1.07. The molecule has 1 aliphatic heterocycles. The fraction of sp³-hybridized carbons (Fsp3) is 0.471. The molecule has 0 aromatic heterocycles. The Balaban J connectivity index is 1.92. The largest absolute Gasteiger partial charge is 0.480 e. The summed E-state index contributed by atoms with van der Waals surface area (Å²) in [5, 5.41) is 11.8. The quantitative estimate of drug-likeness (QED) is 0.743. The zero-order valence-electron chi connectivity index (χ0n) is 13.7. The van der Waals surface area contributed by atoms with Crippen molar-refractivity contribution in [1.29, 1.82) is 0 Å². The zero-order chi connectivity index (χ0) is 17.5. The molecule has 1 atom stereocenters. The Morgan fingerprint density at radius 2 is 2.12 bits per heavy atom. The topological polar surface area (TPSA) is 95.9 Å². The van der Waals surface area contributed by atoms with Crippen molar-refractivity contribution in [2.24, 2.45) is 5.92 Å². The number of anilines is 1. The Kier molecular flexibility index (Phi) is 6.31. The molecule has 0 fully saturated rings. The second-order valence-electron chi connectivity index (χ2n) is 5.79. The molecule has 130 valence electrons. The van der Waals surface area contributed by atoms with Gasteiger partial charge in [-0.25, -0.2) is 0 Å². The highest BCUT2D eigenvalue weighted by Crippen LogP contribution is 2.27. The molecule has 1 heterocycles. The average Bonchev–Trinajstić information content (AvgIpc) is 2.56. The van der Waals surface area contributed by atoms with E-state index < -0.39 is 5.97 Å². The van der Waals surface area contributed by atoms with E-state index >= 15 is 0 Å². The van der Waals surface area contributed by atoms with Crippen LogP contribution >= 0.6 is 0 Å².